The van der Waals surface area contributed by atoms with E-state index in [4.69, 9.17) is 9.47 Å². The van der Waals surface area contributed by atoms with Crippen LogP contribution in [-0.4, -0.2) is 71.9 Å². The van der Waals surface area contributed by atoms with Gasteiger partial charge in [-0.25, -0.2) is 8.42 Å². The zero-order valence-corrected chi connectivity index (χ0v) is 17.2. The van der Waals surface area contributed by atoms with Crippen molar-refractivity contribution < 1.29 is 17.9 Å². The second-order valence-electron chi connectivity index (χ2n) is 5.38. The minimum absolute atomic E-state index is 0. The van der Waals surface area contributed by atoms with Crippen molar-refractivity contribution in [3.8, 4) is 0 Å². The Morgan fingerprint density at radius 1 is 1.35 bits per heavy atom. The van der Waals surface area contributed by atoms with Crippen molar-refractivity contribution in [3.63, 3.8) is 0 Å². The highest BCUT2D eigenvalue weighted by atomic mass is 127. The van der Waals surface area contributed by atoms with Gasteiger partial charge in [0, 0.05) is 39.1 Å². The van der Waals surface area contributed by atoms with E-state index in [1.807, 2.05) is 6.92 Å². The Labute approximate surface area is 156 Å². The lowest BCUT2D eigenvalue weighted by molar-refractivity contribution is 0.0420. The van der Waals surface area contributed by atoms with Crippen molar-refractivity contribution in [1.82, 2.24) is 10.6 Å². The molecule has 0 aliphatic carbocycles. The molecule has 2 N–H and O–H groups in total. The van der Waals surface area contributed by atoms with Crippen LogP contribution in [0.5, 0.6) is 0 Å². The van der Waals surface area contributed by atoms with Gasteiger partial charge in [-0.2, -0.15) is 0 Å². The Balaban J connectivity index is 0.00000484. The van der Waals surface area contributed by atoms with Crippen molar-refractivity contribution in [2.45, 2.75) is 32.3 Å². The van der Waals surface area contributed by atoms with E-state index < -0.39 is 9.84 Å². The van der Waals surface area contributed by atoms with E-state index >= 15 is 0 Å². The fourth-order valence-corrected chi connectivity index (χ4v) is 2.69. The summed E-state index contributed by atoms with van der Waals surface area (Å²) in [6.07, 6.45) is 3.91. The van der Waals surface area contributed by atoms with Gasteiger partial charge in [0.1, 0.15) is 9.84 Å². The maximum atomic E-state index is 11.1. The molecule has 0 aromatic carbocycles. The van der Waals surface area contributed by atoms with Gasteiger partial charge in [-0.05, 0) is 26.2 Å². The van der Waals surface area contributed by atoms with Gasteiger partial charge < -0.3 is 20.1 Å². The zero-order valence-electron chi connectivity index (χ0n) is 14.0. The van der Waals surface area contributed by atoms with Crippen LogP contribution in [0.2, 0.25) is 0 Å². The minimum atomic E-state index is -2.90. The fraction of sp³-hybridized carbons (Fsp3) is 0.929. The maximum Gasteiger partial charge on any atom is 0.191 e. The molecule has 7 nitrogen and oxygen atoms in total. The number of nitrogens with zero attached hydrogens (tertiary/aromatic N) is 1. The summed E-state index contributed by atoms with van der Waals surface area (Å²) in [6.45, 7) is 6.24. The molecule has 1 rings (SSSR count). The van der Waals surface area contributed by atoms with Gasteiger partial charge in [-0.3, -0.25) is 4.99 Å². The standard InChI is InChI=1S/C14H29N3O4S.HI/c1-3-15-14(17-8-5-11-22(2,18)19)16-7-4-9-21-13-6-10-20-12-13;/h13H,3-12H2,1-2H3,(H2,15,16,17);1H. The van der Waals surface area contributed by atoms with Crippen molar-refractivity contribution in [2.24, 2.45) is 4.99 Å². The van der Waals surface area contributed by atoms with Gasteiger partial charge >= 0.3 is 0 Å². The fourth-order valence-electron chi connectivity index (χ4n) is 2.03. The normalized spacial score (nSPS) is 18.5. The average molecular weight is 463 g/mol. The molecule has 1 heterocycles. The molecule has 1 aliphatic heterocycles. The largest absolute Gasteiger partial charge is 0.379 e. The summed E-state index contributed by atoms with van der Waals surface area (Å²) in [5, 5.41) is 6.36. The first-order valence-corrected chi connectivity index (χ1v) is 9.96. The summed E-state index contributed by atoms with van der Waals surface area (Å²) >= 11 is 0. The highest BCUT2D eigenvalue weighted by Gasteiger charge is 2.15. The second-order valence-corrected chi connectivity index (χ2v) is 7.64. The number of hydrogen-bond acceptors (Lipinski definition) is 5. The lowest BCUT2D eigenvalue weighted by Gasteiger charge is -2.12. The molecule has 1 saturated heterocycles. The Hall–Kier alpha value is -0.130. The van der Waals surface area contributed by atoms with E-state index in [1.54, 1.807) is 0 Å². The zero-order chi connectivity index (χ0) is 16.3. The first-order valence-electron chi connectivity index (χ1n) is 7.90. The molecule has 0 bridgehead atoms. The van der Waals surface area contributed by atoms with E-state index in [2.05, 4.69) is 15.6 Å². The number of ether oxygens (including phenoxy) is 2. The summed E-state index contributed by atoms with van der Waals surface area (Å²) in [6, 6.07) is 0. The highest BCUT2D eigenvalue weighted by molar-refractivity contribution is 14.0. The topological polar surface area (TPSA) is 89.0 Å². The van der Waals surface area contributed by atoms with Crippen LogP contribution in [0.3, 0.4) is 0 Å². The molecule has 0 spiro atoms. The van der Waals surface area contributed by atoms with Gasteiger partial charge in [-0.15, -0.1) is 24.0 Å². The molecule has 0 radical (unpaired) electrons. The van der Waals surface area contributed by atoms with Crippen LogP contribution in [0.1, 0.15) is 26.2 Å². The number of halogens is 1. The number of rotatable bonds is 10. The average Bonchev–Trinajstić information content (AvgIpc) is 2.95. The number of hydrogen-bond donors (Lipinski definition) is 2. The molecule has 1 fully saturated rings. The van der Waals surface area contributed by atoms with E-state index in [9.17, 15) is 8.42 Å². The van der Waals surface area contributed by atoms with Gasteiger partial charge in [0.15, 0.2) is 5.96 Å². The summed E-state index contributed by atoms with van der Waals surface area (Å²) in [7, 11) is -2.90. The molecule has 0 aromatic rings. The molecule has 138 valence electrons. The van der Waals surface area contributed by atoms with Crippen LogP contribution in [0.15, 0.2) is 4.99 Å². The smallest absolute Gasteiger partial charge is 0.191 e. The Morgan fingerprint density at radius 3 is 2.74 bits per heavy atom. The monoisotopic (exact) mass is 463 g/mol. The predicted octanol–water partition coefficient (Wildman–Crippen LogP) is 0.790. The third-order valence-electron chi connectivity index (χ3n) is 3.14. The lowest BCUT2D eigenvalue weighted by atomic mass is 10.3. The van der Waals surface area contributed by atoms with Crippen LogP contribution >= 0.6 is 24.0 Å². The van der Waals surface area contributed by atoms with Crippen LogP contribution in [-0.2, 0) is 19.3 Å². The summed E-state index contributed by atoms with van der Waals surface area (Å²) in [4.78, 5) is 4.36. The molecule has 0 saturated carbocycles. The Morgan fingerprint density at radius 2 is 2.13 bits per heavy atom. The first-order chi connectivity index (χ1) is 10.5. The van der Waals surface area contributed by atoms with Crippen molar-refractivity contribution in [3.05, 3.63) is 0 Å². The molecular formula is C14H30IN3O4S. The van der Waals surface area contributed by atoms with Crippen LogP contribution in [0.4, 0.5) is 0 Å². The number of nitrogens with one attached hydrogen (secondary N) is 2. The quantitative estimate of drug-likeness (QED) is 0.216. The summed E-state index contributed by atoms with van der Waals surface area (Å²) in [5.41, 5.74) is 0. The lowest BCUT2D eigenvalue weighted by Crippen LogP contribution is -2.38. The molecule has 0 aromatic heterocycles. The van der Waals surface area contributed by atoms with Gasteiger partial charge in [0.05, 0.1) is 18.5 Å². The molecule has 1 aliphatic rings. The maximum absolute atomic E-state index is 11.1. The first kappa shape index (κ1) is 22.9. The van der Waals surface area contributed by atoms with Crippen LogP contribution in [0, 0.1) is 0 Å². The van der Waals surface area contributed by atoms with Crippen LogP contribution < -0.4 is 10.6 Å². The van der Waals surface area contributed by atoms with Gasteiger partial charge in [0.2, 0.25) is 0 Å². The summed E-state index contributed by atoms with van der Waals surface area (Å²) in [5.74, 6) is 0.896. The van der Waals surface area contributed by atoms with Crippen molar-refractivity contribution in [1.29, 1.82) is 0 Å². The summed E-state index contributed by atoms with van der Waals surface area (Å²) < 4.78 is 33.0. The SMILES string of the molecule is CCNC(=NCCCS(C)(=O)=O)NCCCOC1CCOC1.I. The Bertz CT molecular complexity index is 426. The van der Waals surface area contributed by atoms with E-state index in [1.165, 1.54) is 6.26 Å². The van der Waals surface area contributed by atoms with E-state index in [0.717, 1.165) is 38.5 Å². The number of guanidine groups is 1. The highest BCUT2D eigenvalue weighted by Crippen LogP contribution is 2.07. The minimum Gasteiger partial charge on any atom is -0.379 e. The molecule has 1 unspecified atom stereocenters. The third kappa shape index (κ3) is 12.9. The Kier molecular flexibility index (Phi) is 13.1. The number of sulfone groups is 1. The third-order valence-corrected chi connectivity index (χ3v) is 4.17. The van der Waals surface area contributed by atoms with Crippen molar-refractivity contribution in [2.75, 3.05) is 51.5 Å². The van der Waals surface area contributed by atoms with Gasteiger partial charge in [-0.1, -0.05) is 0 Å². The second kappa shape index (κ2) is 13.2. The molecular weight excluding hydrogens is 433 g/mol. The molecule has 9 heteroatoms. The van der Waals surface area contributed by atoms with Crippen molar-refractivity contribution >= 4 is 39.8 Å². The predicted molar refractivity (Wildman–Crippen MR) is 104 cm³/mol. The molecule has 1 atom stereocenters. The van der Waals surface area contributed by atoms with Crippen LogP contribution in [0.25, 0.3) is 0 Å². The van der Waals surface area contributed by atoms with E-state index in [-0.39, 0.29) is 35.8 Å². The molecule has 23 heavy (non-hydrogen) atoms. The van der Waals surface area contributed by atoms with E-state index in [0.29, 0.717) is 26.2 Å². The van der Waals surface area contributed by atoms with Gasteiger partial charge in [0.25, 0.3) is 0 Å². The molecule has 0 amide bonds. The number of aliphatic imine (C=N–C) groups is 1.